The van der Waals surface area contributed by atoms with E-state index < -0.39 is 0 Å². The van der Waals surface area contributed by atoms with Gasteiger partial charge >= 0.3 is 0 Å². The number of carbonyl (C=O) groups is 2. The number of anilines is 4. The Hall–Kier alpha value is -3.74. The molecular weight excluding hydrogens is 354 g/mol. The first-order valence-corrected chi connectivity index (χ1v) is 8.91. The van der Waals surface area contributed by atoms with Crippen molar-refractivity contribution in [1.29, 1.82) is 0 Å². The van der Waals surface area contributed by atoms with Gasteiger partial charge in [-0.1, -0.05) is 24.3 Å². The topological polar surface area (TPSA) is 87.2 Å². The third-order valence-electron chi connectivity index (χ3n) is 3.94. The van der Waals surface area contributed by atoms with Gasteiger partial charge in [0.05, 0.1) is 0 Å². The van der Waals surface area contributed by atoms with Crippen LogP contribution in [0.5, 0.6) is 0 Å². The Morgan fingerprint density at radius 2 is 1.75 bits per heavy atom. The summed E-state index contributed by atoms with van der Waals surface area (Å²) >= 11 is 0. The largest absolute Gasteiger partial charge is 0.326 e. The predicted octanol–water partition coefficient (Wildman–Crippen LogP) is 3.85. The van der Waals surface area contributed by atoms with E-state index in [0.29, 0.717) is 29.6 Å². The smallest absolute Gasteiger partial charge is 0.277 e. The summed E-state index contributed by atoms with van der Waals surface area (Å²) in [6.45, 7) is 3.89. The minimum Gasteiger partial charge on any atom is -0.326 e. The van der Waals surface area contributed by atoms with E-state index >= 15 is 0 Å². The molecule has 0 aliphatic rings. The third kappa shape index (κ3) is 4.70. The van der Waals surface area contributed by atoms with Crippen molar-refractivity contribution in [2.45, 2.75) is 13.8 Å². The Kier molecular flexibility index (Phi) is 5.96. The monoisotopic (exact) mass is 375 g/mol. The summed E-state index contributed by atoms with van der Waals surface area (Å²) in [6.07, 6.45) is 1.54. The molecule has 7 nitrogen and oxygen atoms in total. The number of hydrogen-bond acceptors (Lipinski definition) is 5. The van der Waals surface area contributed by atoms with Gasteiger partial charge in [0, 0.05) is 36.7 Å². The molecule has 1 heterocycles. The van der Waals surface area contributed by atoms with Crippen LogP contribution in [0, 0.1) is 0 Å². The molecule has 0 unspecified atom stereocenters. The van der Waals surface area contributed by atoms with Gasteiger partial charge in [0.1, 0.15) is 5.69 Å². The lowest BCUT2D eigenvalue weighted by Gasteiger charge is -2.20. The molecule has 7 heteroatoms. The third-order valence-corrected chi connectivity index (χ3v) is 3.94. The maximum absolute atomic E-state index is 12.9. The molecule has 0 aliphatic carbocycles. The van der Waals surface area contributed by atoms with Crippen LogP contribution in [0.4, 0.5) is 23.0 Å². The van der Waals surface area contributed by atoms with E-state index in [1.165, 1.54) is 6.92 Å². The SMILES string of the molecule is CCN(C(=O)c1ccnc(Nc2cccc(NC(C)=O)c2)n1)c1ccccc1. The molecule has 0 atom stereocenters. The highest BCUT2D eigenvalue weighted by molar-refractivity contribution is 6.04. The van der Waals surface area contributed by atoms with Crippen molar-refractivity contribution in [3.8, 4) is 0 Å². The molecule has 1 aromatic heterocycles. The van der Waals surface area contributed by atoms with Gasteiger partial charge in [-0.05, 0) is 43.3 Å². The molecule has 0 saturated heterocycles. The van der Waals surface area contributed by atoms with Crippen molar-refractivity contribution in [3.05, 3.63) is 72.6 Å². The van der Waals surface area contributed by atoms with Gasteiger partial charge in [-0.2, -0.15) is 0 Å². The summed E-state index contributed by atoms with van der Waals surface area (Å²) in [5.41, 5.74) is 2.46. The van der Waals surface area contributed by atoms with E-state index in [2.05, 4.69) is 20.6 Å². The molecule has 0 aliphatic heterocycles. The fraction of sp³-hybridized carbons (Fsp3) is 0.143. The second kappa shape index (κ2) is 8.77. The molecule has 2 aromatic carbocycles. The number of nitrogens with one attached hydrogen (secondary N) is 2. The number of hydrogen-bond donors (Lipinski definition) is 2. The number of para-hydroxylation sites is 1. The summed E-state index contributed by atoms with van der Waals surface area (Å²) in [4.78, 5) is 34.3. The second-order valence-electron chi connectivity index (χ2n) is 6.04. The maximum Gasteiger partial charge on any atom is 0.277 e. The Morgan fingerprint density at radius 1 is 1.00 bits per heavy atom. The Balaban J connectivity index is 1.80. The van der Waals surface area contributed by atoms with E-state index in [1.54, 1.807) is 35.4 Å². The zero-order chi connectivity index (χ0) is 19.9. The molecule has 2 N–H and O–H groups in total. The summed E-state index contributed by atoms with van der Waals surface area (Å²) < 4.78 is 0. The van der Waals surface area contributed by atoms with Crippen LogP contribution in [0.2, 0.25) is 0 Å². The quantitative estimate of drug-likeness (QED) is 0.683. The fourth-order valence-corrected chi connectivity index (χ4v) is 2.73. The second-order valence-corrected chi connectivity index (χ2v) is 6.04. The zero-order valence-electron chi connectivity index (χ0n) is 15.7. The van der Waals surface area contributed by atoms with Crippen LogP contribution in [0.1, 0.15) is 24.3 Å². The zero-order valence-corrected chi connectivity index (χ0v) is 15.7. The number of aromatic nitrogens is 2. The average molecular weight is 375 g/mol. The van der Waals surface area contributed by atoms with Crippen molar-refractivity contribution in [3.63, 3.8) is 0 Å². The Morgan fingerprint density at radius 3 is 2.46 bits per heavy atom. The number of rotatable bonds is 6. The van der Waals surface area contributed by atoms with Gasteiger partial charge in [0.25, 0.3) is 5.91 Å². The normalized spacial score (nSPS) is 10.2. The maximum atomic E-state index is 12.9. The van der Waals surface area contributed by atoms with Crippen LogP contribution < -0.4 is 15.5 Å². The van der Waals surface area contributed by atoms with Crippen LogP contribution in [0.25, 0.3) is 0 Å². The van der Waals surface area contributed by atoms with E-state index in [-0.39, 0.29) is 11.8 Å². The van der Waals surface area contributed by atoms with Crippen LogP contribution in [0.3, 0.4) is 0 Å². The number of amides is 2. The minimum atomic E-state index is -0.203. The molecule has 0 spiro atoms. The molecule has 28 heavy (non-hydrogen) atoms. The number of carbonyl (C=O) groups excluding carboxylic acids is 2. The van der Waals surface area contributed by atoms with Gasteiger partial charge in [0.15, 0.2) is 0 Å². The molecule has 0 fully saturated rings. The molecule has 142 valence electrons. The van der Waals surface area contributed by atoms with Crippen LogP contribution in [-0.2, 0) is 4.79 Å². The summed E-state index contributed by atoms with van der Waals surface area (Å²) in [6, 6.07) is 18.2. The van der Waals surface area contributed by atoms with Crippen molar-refractivity contribution < 1.29 is 9.59 Å². The van der Waals surface area contributed by atoms with E-state index in [0.717, 1.165) is 5.69 Å². The van der Waals surface area contributed by atoms with Gasteiger partial charge < -0.3 is 15.5 Å². The van der Waals surface area contributed by atoms with Crippen molar-refractivity contribution in [1.82, 2.24) is 9.97 Å². The van der Waals surface area contributed by atoms with Crippen LogP contribution >= 0.6 is 0 Å². The molecular formula is C21H21N5O2. The van der Waals surface area contributed by atoms with E-state index in [1.807, 2.05) is 43.3 Å². The first-order chi connectivity index (χ1) is 13.6. The molecule has 0 bridgehead atoms. The predicted molar refractivity (Wildman–Crippen MR) is 110 cm³/mol. The highest BCUT2D eigenvalue weighted by Gasteiger charge is 2.18. The van der Waals surface area contributed by atoms with Gasteiger partial charge in [-0.25, -0.2) is 9.97 Å². The summed E-state index contributed by atoms with van der Waals surface area (Å²) in [7, 11) is 0. The highest BCUT2D eigenvalue weighted by Crippen LogP contribution is 2.19. The first-order valence-electron chi connectivity index (χ1n) is 8.91. The van der Waals surface area contributed by atoms with E-state index in [4.69, 9.17) is 0 Å². The minimum absolute atomic E-state index is 0.151. The number of nitrogens with zero attached hydrogens (tertiary/aromatic N) is 3. The standard InChI is InChI=1S/C21H21N5O2/c1-3-26(18-10-5-4-6-11-18)20(28)19-12-13-22-21(25-19)24-17-9-7-8-16(14-17)23-15(2)27/h4-14H,3H2,1-2H3,(H,23,27)(H,22,24,25). The van der Waals surface area contributed by atoms with Crippen molar-refractivity contribution in [2.24, 2.45) is 0 Å². The van der Waals surface area contributed by atoms with Gasteiger partial charge in [-0.3, -0.25) is 9.59 Å². The lowest BCUT2D eigenvalue weighted by atomic mass is 10.2. The molecule has 0 radical (unpaired) electrons. The molecule has 2 amide bonds. The van der Waals surface area contributed by atoms with Crippen molar-refractivity contribution >= 4 is 34.8 Å². The fourth-order valence-electron chi connectivity index (χ4n) is 2.73. The van der Waals surface area contributed by atoms with Crippen LogP contribution in [0.15, 0.2) is 66.9 Å². The molecule has 0 saturated carbocycles. The van der Waals surface area contributed by atoms with Crippen molar-refractivity contribution in [2.75, 3.05) is 22.1 Å². The van der Waals surface area contributed by atoms with E-state index in [9.17, 15) is 9.59 Å². The first kappa shape index (κ1) is 19.0. The Labute approximate surface area is 163 Å². The van der Waals surface area contributed by atoms with Gasteiger partial charge in [0.2, 0.25) is 11.9 Å². The summed E-state index contributed by atoms with van der Waals surface area (Å²) in [5.74, 6) is -0.0531. The molecule has 3 aromatic rings. The number of benzene rings is 2. The van der Waals surface area contributed by atoms with Crippen LogP contribution in [-0.4, -0.2) is 28.3 Å². The lowest BCUT2D eigenvalue weighted by molar-refractivity contribution is -0.114. The van der Waals surface area contributed by atoms with Gasteiger partial charge in [-0.15, -0.1) is 0 Å². The molecule has 3 rings (SSSR count). The summed E-state index contributed by atoms with van der Waals surface area (Å²) in [5, 5.41) is 5.79. The average Bonchev–Trinajstić information content (AvgIpc) is 2.69. The highest BCUT2D eigenvalue weighted by atomic mass is 16.2. The Bertz CT molecular complexity index is 975. The lowest BCUT2D eigenvalue weighted by Crippen LogP contribution is -2.31.